The summed E-state index contributed by atoms with van der Waals surface area (Å²) in [4.78, 5) is 17.6. The fraction of sp³-hybridized carbons (Fsp3) is 0.538. The van der Waals surface area contributed by atoms with Crippen LogP contribution in [0.3, 0.4) is 0 Å². The number of piperidine rings is 1. The lowest BCUT2D eigenvalue weighted by Crippen LogP contribution is -2.43. The highest BCUT2D eigenvalue weighted by Gasteiger charge is 2.25. The van der Waals surface area contributed by atoms with Crippen LogP contribution >= 0.6 is 0 Å². The second-order valence-corrected chi connectivity index (χ2v) is 4.95. The minimum atomic E-state index is -0.488. The number of hydrogen-bond acceptors (Lipinski definition) is 4. The molecule has 98 valence electrons. The highest BCUT2D eigenvalue weighted by molar-refractivity contribution is 5.91. The maximum absolute atomic E-state index is 11.1. The molecular weight excluding hydrogens is 228 g/mol. The van der Waals surface area contributed by atoms with Gasteiger partial charge in [0.05, 0.1) is 0 Å². The van der Waals surface area contributed by atoms with Crippen molar-refractivity contribution < 1.29 is 4.79 Å². The first-order valence-electron chi connectivity index (χ1n) is 6.33. The quantitative estimate of drug-likeness (QED) is 0.820. The summed E-state index contributed by atoms with van der Waals surface area (Å²) in [6.07, 6.45) is 1.10. The molecule has 1 aliphatic heterocycles. The van der Waals surface area contributed by atoms with E-state index in [0.717, 1.165) is 25.3 Å². The lowest BCUT2D eigenvalue weighted by atomic mass is 9.87. The van der Waals surface area contributed by atoms with E-state index in [1.165, 1.54) is 0 Å². The van der Waals surface area contributed by atoms with E-state index >= 15 is 0 Å². The monoisotopic (exact) mass is 248 g/mol. The number of anilines is 1. The van der Waals surface area contributed by atoms with Crippen molar-refractivity contribution in [3.05, 3.63) is 23.9 Å². The van der Waals surface area contributed by atoms with Crippen molar-refractivity contribution in [3.63, 3.8) is 0 Å². The summed E-state index contributed by atoms with van der Waals surface area (Å²) in [6, 6.07) is 5.37. The molecule has 2 rings (SSSR count). The fourth-order valence-corrected chi connectivity index (χ4v) is 2.40. The van der Waals surface area contributed by atoms with Gasteiger partial charge in [-0.3, -0.25) is 4.79 Å². The van der Waals surface area contributed by atoms with Crippen molar-refractivity contribution in [3.8, 4) is 0 Å². The van der Waals surface area contributed by atoms with Gasteiger partial charge in [0.2, 0.25) is 0 Å². The molecule has 5 heteroatoms. The number of hydrogen-bond donors (Lipinski definition) is 2. The third-order valence-corrected chi connectivity index (χ3v) is 3.73. The summed E-state index contributed by atoms with van der Waals surface area (Å²) in [5.74, 6) is 1.46. The zero-order valence-corrected chi connectivity index (χ0v) is 10.7. The normalized spacial score (nSPS) is 24.0. The average molecular weight is 248 g/mol. The molecule has 5 nitrogen and oxygen atoms in total. The molecule has 1 aliphatic rings. The van der Waals surface area contributed by atoms with Crippen molar-refractivity contribution in [1.82, 2.24) is 4.98 Å². The molecule has 2 atom stereocenters. The number of rotatable bonds is 3. The van der Waals surface area contributed by atoms with Crippen LogP contribution in [0.4, 0.5) is 5.82 Å². The Morgan fingerprint density at radius 3 is 3.00 bits per heavy atom. The largest absolute Gasteiger partial charge is 0.364 e. The van der Waals surface area contributed by atoms with E-state index < -0.39 is 5.91 Å². The molecule has 0 aromatic carbocycles. The van der Waals surface area contributed by atoms with Crippen LogP contribution in [0.15, 0.2) is 18.2 Å². The molecule has 0 spiro atoms. The Labute approximate surface area is 107 Å². The maximum atomic E-state index is 11.1. The van der Waals surface area contributed by atoms with Gasteiger partial charge in [0.25, 0.3) is 5.91 Å². The Morgan fingerprint density at radius 1 is 1.56 bits per heavy atom. The summed E-state index contributed by atoms with van der Waals surface area (Å²) in [5.41, 5.74) is 11.4. The minimum absolute atomic E-state index is 0.315. The van der Waals surface area contributed by atoms with Gasteiger partial charge in [-0.05, 0) is 36.9 Å². The predicted molar refractivity (Wildman–Crippen MR) is 71.3 cm³/mol. The predicted octanol–water partition coefficient (Wildman–Crippen LogP) is 0.602. The van der Waals surface area contributed by atoms with Gasteiger partial charge >= 0.3 is 0 Å². The molecule has 1 saturated heterocycles. The van der Waals surface area contributed by atoms with E-state index in [0.29, 0.717) is 24.1 Å². The number of aromatic nitrogens is 1. The molecule has 18 heavy (non-hydrogen) atoms. The number of primary amides is 1. The van der Waals surface area contributed by atoms with Crippen molar-refractivity contribution in [2.75, 3.05) is 24.5 Å². The molecule has 0 bridgehead atoms. The van der Waals surface area contributed by atoms with Crippen molar-refractivity contribution in [2.45, 2.75) is 13.3 Å². The zero-order chi connectivity index (χ0) is 13.1. The first-order valence-corrected chi connectivity index (χ1v) is 6.33. The summed E-state index contributed by atoms with van der Waals surface area (Å²) < 4.78 is 0. The van der Waals surface area contributed by atoms with E-state index in [9.17, 15) is 4.79 Å². The highest BCUT2D eigenvalue weighted by Crippen LogP contribution is 2.25. The highest BCUT2D eigenvalue weighted by atomic mass is 16.1. The molecule has 4 N–H and O–H groups in total. The topological polar surface area (TPSA) is 85.2 Å². The van der Waals surface area contributed by atoms with Crippen LogP contribution < -0.4 is 16.4 Å². The molecule has 0 saturated carbocycles. The van der Waals surface area contributed by atoms with Crippen LogP contribution in [0.1, 0.15) is 23.8 Å². The Morgan fingerprint density at radius 2 is 2.33 bits per heavy atom. The van der Waals surface area contributed by atoms with Gasteiger partial charge in [0.1, 0.15) is 11.5 Å². The first kappa shape index (κ1) is 12.8. The Kier molecular flexibility index (Phi) is 3.81. The number of carbonyl (C=O) groups is 1. The molecule has 1 fully saturated rings. The van der Waals surface area contributed by atoms with Gasteiger partial charge in [-0.25, -0.2) is 4.98 Å². The van der Waals surface area contributed by atoms with Crippen molar-refractivity contribution >= 4 is 11.7 Å². The Hall–Kier alpha value is -1.62. The summed E-state index contributed by atoms with van der Waals surface area (Å²) >= 11 is 0. The Bertz CT molecular complexity index is 435. The van der Waals surface area contributed by atoms with Crippen molar-refractivity contribution in [2.24, 2.45) is 23.3 Å². The third kappa shape index (κ3) is 2.61. The maximum Gasteiger partial charge on any atom is 0.267 e. The third-order valence-electron chi connectivity index (χ3n) is 3.73. The van der Waals surface area contributed by atoms with E-state index in [1.807, 2.05) is 12.1 Å². The molecule has 2 unspecified atom stereocenters. The molecule has 1 aromatic rings. The number of pyridine rings is 1. The van der Waals surface area contributed by atoms with Gasteiger partial charge in [0.15, 0.2) is 0 Å². The number of carbonyl (C=O) groups excluding carboxylic acids is 1. The standard InChI is InChI=1S/C13H20N4O/c1-9-5-6-17(8-10(9)7-14)12-4-2-3-11(16-12)13(15)18/h2-4,9-10H,5-8,14H2,1H3,(H2,15,18). The van der Waals surface area contributed by atoms with Gasteiger partial charge in [0, 0.05) is 13.1 Å². The second-order valence-electron chi connectivity index (χ2n) is 4.95. The lowest BCUT2D eigenvalue weighted by molar-refractivity contribution is 0.0995. The van der Waals surface area contributed by atoms with Crippen LogP contribution in [0.5, 0.6) is 0 Å². The lowest BCUT2D eigenvalue weighted by Gasteiger charge is -2.37. The smallest absolute Gasteiger partial charge is 0.267 e. The van der Waals surface area contributed by atoms with Gasteiger partial charge in [-0.2, -0.15) is 0 Å². The molecule has 0 radical (unpaired) electrons. The van der Waals surface area contributed by atoms with E-state index in [2.05, 4.69) is 16.8 Å². The Balaban J connectivity index is 2.16. The SMILES string of the molecule is CC1CCN(c2cccc(C(N)=O)n2)CC1CN. The van der Waals surface area contributed by atoms with Crippen LogP contribution in [0.2, 0.25) is 0 Å². The first-order chi connectivity index (χ1) is 8.61. The number of nitrogens with zero attached hydrogens (tertiary/aromatic N) is 2. The van der Waals surface area contributed by atoms with Crippen LogP contribution in [0, 0.1) is 11.8 Å². The number of nitrogens with two attached hydrogens (primary N) is 2. The molecule has 0 aliphatic carbocycles. The van der Waals surface area contributed by atoms with Crippen LogP contribution in [-0.4, -0.2) is 30.5 Å². The molecular formula is C13H20N4O. The van der Waals surface area contributed by atoms with Gasteiger partial charge < -0.3 is 16.4 Å². The number of amides is 1. The zero-order valence-electron chi connectivity index (χ0n) is 10.7. The van der Waals surface area contributed by atoms with E-state index in [-0.39, 0.29) is 0 Å². The van der Waals surface area contributed by atoms with Crippen LogP contribution in [-0.2, 0) is 0 Å². The van der Waals surface area contributed by atoms with Gasteiger partial charge in [-0.15, -0.1) is 0 Å². The summed E-state index contributed by atoms with van der Waals surface area (Å²) in [5, 5.41) is 0. The van der Waals surface area contributed by atoms with E-state index in [1.54, 1.807) is 6.07 Å². The van der Waals surface area contributed by atoms with Crippen molar-refractivity contribution in [1.29, 1.82) is 0 Å². The van der Waals surface area contributed by atoms with Gasteiger partial charge in [-0.1, -0.05) is 13.0 Å². The minimum Gasteiger partial charge on any atom is -0.364 e. The second kappa shape index (κ2) is 5.35. The van der Waals surface area contributed by atoms with Crippen LogP contribution in [0.25, 0.3) is 0 Å². The average Bonchev–Trinajstić information content (AvgIpc) is 2.39. The summed E-state index contributed by atoms with van der Waals surface area (Å²) in [7, 11) is 0. The fourth-order valence-electron chi connectivity index (χ4n) is 2.40. The molecule has 2 heterocycles. The molecule has 1 aromatic heterocycles. The molecule has 1 amide bonds. The van der Waals surface area contributed by atoms with E-state index in [4.69, 9.17) is 11.5 Å². The summed E-state index contributed by atoms with van der Waals surface area (Å²) in [6.45, 7) is 4.77.